The van der Waals surface area contributed by atoms with Gasteiger partial charge in [-0.25, -0.2) is 4.79 Å². The Hall–Kier alpha value is -0.830. The highest BCUT2D eigenvalue weighted by atomic mass is 16.6. The first-order valence-electron chi connectivity index (χ1n) is 4.56. The van der Waals surface area contributed by atoms with Crippen LogP contribution in [-0.4, -0.2) is 26.3 Å². The number of carbonyl (C=O) groups is 1. The van der Waals surface area contributed by atoms with Gasteiger partial charge in [-0.05, 0) is 19.3 Å². The lowest BCUT2D eigenvalue weighted by molar-refractivity contribution is -0.145. The number of hydrogen-bond acceptors (Lipinski definition) is 3. The van der Waals surface area contributed by atoms with Gasteiger partial charge in [0.05, 0.1) is 7.11 Å². The van der Waals surface area contributed by atoms with Gasteiger partial charge in [-0.2, -0.15) is 0 Å². The molecule has 76 valence electrons. The lowest BCUT2D eigenvalue weighted by Gasteiger charge is -2.01. The van der Waals surface area contributed by atoms with Gasteiger partial charge in [-0.3, -0.25) is 0 Å². The van der Waals surface area contributed by atoms with Gasteiger partial charge >= 0.3 is 5.97 Å². The Morgan fingerprint density at radius 3 is 2.77 bits per heavy atom. The largest absolute Gasteiger partial charge is 0.467 e. The van der Waals surface area contributed by atoms with E-state index in [0.717, 1.165) is 25.7 Å². The molecule has 0 saturated carbocycles. The zero-order valence-electron chi connectivity index (χ0n) is 8.25. The van der Waals surface area contributed by atoms with Crippen molar-refractivity contribution in [2.24, 2.45) is 0 Å². The fraction of sp³-hybridized carbons (Fsp3) is 0.700. The van der Waals surface area contributed by atoms with E-state index >= 15 is 0 Å². The van der Waals surface area contributed by atoms with Crippen molar-refractivity contribution in [3.8, 4) is 0 Å². The summed E-state index contributed by atoms with van der Waals surface area (Å²) in [5.74, 6) is -0.314. The maximum Gasteiger partial charge on any atom is 0.331 e. The second kappa shape index (κ2) is 9.26. The smallest absolute Gasteiger partial charge is 0.331 e. The number of carbonyl (C=O) groups excluding carboxylic acids is 1. The fourth-order valence-electron chi connectivity index (χ4n) is 0.884. The van der Waals surface area contributed by atoms with E-state index in [9.17, 15) is 4.79 Å². The SMILES string of the molecule is C=CCCCCCOCC(=O)OC. The summed E-state index contributed by atoms with van der Waals surface area (Å²) < 4.78 is 9.48. The van der Waals surface area contributed by atoms with Crippen LogP contribution in [0.15, 0.2) is 12.7 Å². The molecule has 0 aromatic heterocycles. The van der Waals surface area contributed by atoms with E-state index in [2.05, 4.69) is 11.3 Å². The first-order valence-corrected chi connectivity index (χ1v) is 4.56. The summed E-state index contributed by atoms with van der Waals surface area (Å²) >= 11 is 0. The number of hydrogen-bond donors (Lipinski definition) is 0. The van der Waals surface area contributed by atoms with Crippen LogP contribution >= 0.6 is 0 Å². The Balaban J connectivity index is 2.99. The highest BCUT2D eigenvalue weighted by Gasteiger charge is 1.98. The molecule has 0 N–H and O–H groups in total. The maximum absolute atomic E-state index is 10.6. The molecule has 0 aromatic rings. The van der Waals surface area contributed by atoms with E-state index in [0.29, 0.717) is 6.61 Å². The molecule has 13 heavy (non-hydrogen) atoms. The van der Waals surface area contributed by atoms with Crippen molar-refractivity contribution in [1.82, 2.24) is 0 Å². The van der Waals surface area contributed by atoms with E-state index in [1.807, 2.05) is 6.08 Å². The first-order chi connectivity index (χ1) is 6.31. The van der Waals surface area contributed by atoms with Crippen LogP contribution in [0.3, 0.4) is 0 Å². The minimum absolute atomic E-state index is 0.0674. The molecule has 3 nitrogen and oxygen atoms in total. The molecule has 0 amide bonds. The summed E-state index contributed by atoms with van der Waals surface area (Å²) in [5.41, 5.74) is 0. The average molecular weight is 186 g/mol. The summed E-state index contributed by atoms with van der Waals surface area (Å²) in [6, 6.07) is 0. The normalized spacial score (nSPS) is 9.62. The molecule has 0 spiro atoms. The predicted octanol–water partition coefficient (Wildman–Crippen LogP) is 1.92. The number of rotatable bonds is 8. The zero-order valence-corrected chi connectivity index (χ0v) is 8.25. The van der Waals surface area contributed by atoms with E-state index in [-0.39, 0.29) is 12.6 Å². The van der Waals surface area contributed by atoms with Crippen LogP contribution in [-0.2, 0) is 14.3 Å². The monoisotopic (exact) mass is 186 g/mol. The maximum atomic E-state index is 10.6. The van der Waals surface area contributed by atoms with Gasteiger partial charge in [0.1, 0.15) is 6.61 Å². The molecule has 0 fully saturated rings. The standard InChI is InChI=1S/C10H18O3/c1-3-4-5-6-7-8-13-9-10(11)12-2/h3H,1,4-9H2,2H3. The summed E-state index contributed by atoms with van der Waals surface area (Å²) in [4.78, 5) is 10.6. The number of unbranched alkanes of at least 4 members (excludes halogenated alkanes) is 3. The van der Waals surface area contributed by atoms with Crippen LogP contribution in [0.1, 0.15) is 25.7 Å². The van der Waals surface area contributed by atoms with Crippen LogP contribution in [0.25, 0.3) is 0 Å². The molecule has 0 aliphatic heterocycles. The molecule has 0 rings (SSSR count). The Morgan fingerprint density at radius 1 is 1.38 bits per heavy atom. The van der Waals surface area contributed by atoms with Gasteiger partial charge in [0, 0.05) is 6.61 Å². The summed E-state index contributed by atoms with van der Waals surface area (Å²) in [6.45, 7) is 4.34. The Morgan fingerprint density at radius 2 is 2.15 bits per heavy atom. The first kappa shape index (κ1) is 12.2. The molecular weight excluding hydrogens is 168 g/mol. The topological polar surface area (TPSA) is 35.5 Å². The Labute approximate surface area is 79.7 Å². The third-order valence-corrected chi connectivity index (χ3v) is 1.64. The zero-order chi connectivity index (χ0) is 9.94. The number of allylic oxidation sites excluding steroid dienone is 1. The molecule has 0 atom stereocenters. The second-order valence-corrected chi connectivity index (χ2v) is 2.77. The highest BCUT2D eigenvalue weighted by Crippen LogP contribution is 1.99. The van der Waals surface area contributed by atoms with Crippen molar-refractivity contribution >= 4 is 5.97 Å². The van der Waals surface area contributed by atoms with Crippen LogP contribution < -0.4 is 0 Å². The van der Waals surface area contributed by atoms with Gasteiger partial charge in [0.25, 0.3) is 0 Å². The number of methoxy groups -OCH3 is 1. The summed E-state index contributed by atoms with van der Waals surface area (Å²) in [6.07, 6.45) is 6.22. The van der Waals surface area contributed by atoms with Gasteiger partial charge in [-0.15, -0.1) is 6.58 Å². The quantitative estimate of drug-likeness (QED) is 0.330. The Kier molecular flexibility index (Phi) is 8.67. The molecule has 0 radical (unpaired) electrons. The molecule has 0 aliphatic carbocycles. The van der Waals surface area contributed by atoms with Crippen molar-refractivity contribution in [2.45, 2.75) is 25.7 Å². The fourth-order valence-corrected chi connectivity index (χ4v) is 0.884. The third kappa shape index (κ3) is 9.08. The molecule has 0 aliphatic rings. The van der Waals surface area contributed by atoms with Crippen LogP contribution in [0.2, 0.25) is 0 Å². The van der Waals surface area contributed by atoms with Crippen molar-refractivity contribution in [3.63, 3.8) is 0 Å². The number of ether oxygens (including phenoxy) is 2. The molecule has 0 unspecified atom stereocenters. The van der Waals surface area contributed by atoms with Gasteiger partial charge in [0.15, 0.2) is 0 Å². The predicted molar refractivity (Wildman–Crippen MR) is 51.5 cm³/mol. The van der Waals surface area contributed by atoms with Gasteiger partial charge < -0.3 is 9.47 Å². The van der Waals surface area contributed by atoms with E-state index in [4.69, 9.17) is 4.74 Å². The van der Waals surface area contributed by atoms with Crippen LogP contribution in [0, 0.1) is 0 Å². The second-order valence-electron chi connectivity index (χ2n) is 2.77. The van der Waals surface area contributed by atoms with Crippen molar-refractivity contribution in [1.29, 1.82) is 0 Å². The summed E-state index contributed by atoms with van der Waals surface area (Å²) in [5, 5.41) is 0. The lowest BCUT2D eigenvalue weighted by atomic mass is 10.2. The molecular formula is C10H18O3. The molecule has 0 aromatic carbocycles. The molecule has 0 heterocycles. The van der Waals surface area contributed by atoms with Gasteiger partial charge in [-0.1, -0.05) is 12.5 Å². The van der Waals surface area contributed by atoms with E-state index in [1.165, 1.54) is 7.11 Å². The van der Waals surface area contributed by atoms with Crippen molar-refractivity contribution in [3.05, 3.63) is 12.7 Å². The minimum Gasteiger partial charge on any atom is -0.467 e. The van der Waals surface area contributed by atoms with E-state index < -0.39 is 0 Å². The highest BCUT2D eigenvalue weighted by molar-refractivity contribution is 5.70. The third-order valence-electron chi connectivity index (χ3n) is 1.64. The molecule has 0 saturated heterocycles. The van der Waals surface area contributed by atoms with Crippen molar-refractivity contribution in [2.75, 3.05) is 20.3 Å². The molecule has 3 heteroatoms. The Bertz CT molecular complexity index is 143. The van der Waals surface area contributed by atoms with Crippen LogP contribution in [0.5, 0.6) is 0 Å². The van der Waals surface area contributed by atoms with E-state index in [1.54, 1.807) is 0 Å². The van der Waals surface area contributed by atoms with Crippen molar-refractivity contribution < 1.29 is 14.3 Å². The average Bonchev–Trinajstić information content (AvgIpc) is 2.16. The number of esters is 1. The molecule has 0 bridgehead atoms. The minimum atomic E-state index is -0.314. The lowest BCUT2D eigenvalue weighted by Crippen LogP contribution is -2.10. The van der Waals surface area contributed by atoms with Crippen LogP contribution in [0.4, 0.5) is 0 Å². The van der Waals surface area contributed by atoms with Gasteiger partial charge in [0.2, 0.25) is 0 Å². The summed E-state index contributed by atoms with van der Waals surface area (Å²) in [7, 11) is 1.36.